The predicted octanol–water partition coefficient (Wildman–Crippen LogP) is 2.63. The lowest BCUT2D eigenvalue weighted by Gasteiger charge is -2.13. The van der Waals surface area contributed by atoms with E-state index in [1.807, 2.05) is 18.3 Å². The number of methoxy groups -OCH3 is 2. The van der Waals surface area contributed by atoms with Crippen molar-refractivity contribution in [2.24, 2.45) is 0 Å². The van der Waals surface area contributed by atoms with E-state index in [1.54, 1.807) is 35.8 Å². The number of aryl methyl sites for hydroxylation is 1. The Morgan fingerprint density at radius 1 is 1.13 bits per heavy atom. The molecule has 0 saturated heterocycles. The van der Waals surface area contributed by atoms with Crippen molar-refractivity contribution in [1.29, 1.82) is 0 Å². The van der Waals surface area contributed by atoms with Gasteiger partial charge in [0, 0.05) is 36.4 Å². The summed E-state index contributed by atoms with van der Waals surface area (Å²) in [6.07, 6.45) is 1.83. The highest BCUT2D eigenvalue weighted by Gasteiger charge is 2.14. The Kier molecular flexibility index (Phi) is 5.14. The lowest BCUT2D eigenvalue weighted by atomic mass is 10.1. The summed E-state index contributed by atoms with van der Waals surface area (Å²) < 4.78 is 12.1. The lowest BCUT2D eigenvalue weighted by Crippen LogP contribution is -2.32. The van der Waals surface area contributed by atoms with Crippen molar-refractivity contribution in [1.82, 2.24) is 19.9 Å². The monoisotopic (exact) mass is 406 g/mol. The number of ether oxygens (including phenoxy) is 2. The molecular weight excluding hydrogens is 384 g/mol. The standard InChI is InChI=1S/C22H22N4O4/c1-13-25-18-12-20(30-3)19(29-2)11-16(18)22(28)26(13)9-8-24-21(27)15-5-4-14-6-7-23-17(14)10-15/h4-7,10-12,23H,8-9H2,1-3H3,(H,24,27). The van der Waals surface area contributed by atoms with E-state index in [1.165, 1.54) is 14.2 Å². The van der Waals surface area contributed by atoms with Gasteiger partial charge in [-0.1, -0.05) is 6.07 Å². The highest BCUT2D eigenvalue weighted by molar-refractivity contribution is 5.97. The molecule has 4 rings (SSSR count). The third kappa shape index (κ3) is 3.47. The maximum atomic E-state index is 13.0. The number of carbonyl (C=O) groups is 1. The molecular formula is C22H22N4O4. The van der Waals surface area contributed by atoms with Crippen molar-refractivity contribution in [3.63, 3.8) is 0 Å². The molecule has 0 unspecified atom stereocenters. The summed E-state index contributed by atoms with van der Waals surface area (Å²) in [6.45, 7) is 2.36. The number of aromatic amines is 1. The van der Waals surface area contributed by atoms with E-state index in [0.29, 0.717) is 46.9 Å². The van der Waals surface area contributed by atoms with Crippen LogP contribution >= 0.6 is 0 Å². The van der Waals surface area contributed by atoms with Crippen LogP contribution in [0.3, 0.4) is 0 Å². The first-order valence-electron chi connectivity index (χ1n) is 9.50. The van der Waals surface area contributed by atoms with Crippen LogP contribution in [0.2, 0.25) is 0 Å². The number of fused-ring (bicyclic) bond motifs is 2. The Bertz CT molecular complexity index is 1310. The maximum absolute atomic E-state index is 13.0. The van der Waals surface area contributed by atoms with Crippen LogP contribution in [0.15, 0.2) is 47.4 Å². The van der Waals surface area contributed by atoms with Crippen molar-refractivity contribution < 1.29 is 14.3 Å². The Morgan fingerprint density at radius 3 is 2.67 bits per heavy atom. The summed E-state index contributed by atoms with van der Waals surface area (Å²) in [6, 6.07) is 10.7. The Balaban J connectivity index is 1.54. The molecule has 0 aliphatic carbocycles. The third-order valence-corrected chi connectivity index (χ3v) is 5.09. The highest BCUT2D eigenvalue weighted by atomic mass is 16.5. The van der Waals surface area contributed by atoms with E-state index < -0.39 is 0 Å². The van der Waals surface area contributed by atoms with Crippen LogP contribution in [-0.4, -0.2) is 41.2 Å². The molecule has 2 N–H and O–H groups in total. The maximum Gasteiger partial charge on any atom is 0.261 e. The zero-order chi connectivity index (χ0) is 21.3. The zero-order valence-corrected chi connectivity index (χ0v) is 17.0. The smallest absolute Gasteiger partial charge is 0.261 e. The van der Waals surface area contributed by atoms with Crippen LogP contribution in [0.25, 0.3) is 21.8 Å². The third-order valence-electron chi connectivity index (χ3n) is 5.09. The molecule has 0 atom stereocenters. The molecule has 0 fully saturated rings. The first-order chi connectivity index (χ1) is 14.5. The van der Waals surface area contributed by atoms with Gasteiger partial charge < -0.3 is 19.8 Å². The average Bonchev–Trinajstić information content (AvgIpc) is 3.23. The molecule has 8 heteroatoms. The minimum absolute atomic E-state index is 0.194. The van der Waals surface area contributed by atoms with Crippen LogP contribution in [0, 0.1) is 6.92 Å². The number of nitrogens with one attached hydrogen (secondary N) is 2. The first kappa shape index (κ1) is 19.5. The minimum atomic E-state index is -0.197. The average molecular weight is 406 g/mol. The van der Waals surface area contributed by atoms with Gasteiger partial charge in [-0.2, -0.15) is 0 Å². The van der Waals surface area contributed by atoms with Crippen molar-refractivity contribution in [2.45, 2.75) is 13.5 Å². The molecule has 1 amide bonds. The first-order valence-corrected chi connectivity index (χ1v) is 9.50. The number of amides is 1. The molecule has 0 saturated carbocycles. The van der Waals surface area contributed by atoms with Gasteiger partial charge in [0.1, 0.15) is 5.82 Å². The SMILES string of the molecule is COc1cc2nc(C)n(CCNC(=O)c3ccc4cc[nH]c4c3)c(=O)c2cc1OC. The molecule has 8 nitrogen and oxygen atoms in total. The number of hydrogen-bond donors (Lipinski definition) is 2. The summed E-state index contributed by atoms with van der Waals surface area (Å²) >= 11 is 0. The Morgan fingerprint density at radius 2 is 1.90 bits per heavy atom. The number of rotatable bonds is 6. The second kappa shape index (κ2) is 7.90. The molecule has 2 aromatic carbocycles. The summed E-state index contributed by atoms with van der Waals surface area (Å²) in [5, 5.41) is 4.34. The van der Waals surface area contributed by atoms with Gasteiger partial charge in [-0.25, -0.2) is 4.98 Å². The molecule has 154 valence electrons. The normalized spacial score (nSPS) is 11.0. The largest absolute Gasteiger partial charge is 0.493 e. The summed E-state index contributed by atoms with van der Waals surface area (Å²) in [5.41, 5.74) is 1.80. The number of H-pyrrole nitrogens is 1. The fraction of sp³-hybridized carbons (Fsp3) is 0.227. The van der Waals surface area contributed by atoms with E-state index in [2.05, 4.69) is 15.3 Å². The number of benzene rings is 2. The second-order valence-electron chi connectivity index (χ2n) is 6.88. The number of nitrogens with zero attached hydrogens (tertiary/aromatic N) is 2. The van der Waals surface area contributed by atoms with Gasteiger partial charge in [-0.15, -0.1) is 0 Å². The number of aromatic nitrogens is 3. The van der Waals surface area contributed by atoms with E-state index in [9.17, 15) is 9.59 Å². The van der Waals surface area contributed by atoms with E-state index in [4.69, 9.17) is 9.47 Å². The quantitative estimate of drug-likeness (QED) is 0.513. The lowest BCUT2D eigenvalue weighted by molar-refractivity contribution is 0.0952. The molecule has 0 aliphatic rings. The zero-order valence-electron chi connectivity index (χ0n) is 17.0. The molecule has 2 heterocycles. The fourth-order valence-electron chi connectivity index (χ4n) is 3.49. The van der Waals surface area contributed by atoms with Gasteiger partial charge in [0.05, 0.1) is 25.1 Å². The predicted molar refractivity (Wildman–Crippen MR) is 114 cm³/mol. The molecule has 0 radical (unpaired) electrons. The van der Waals surface area contributed by atoms with E-state index >= 15 is 0 Å². The summed E-state index contributed by atoms with van der Waals surface area (Å²) in [5.74, 6) is 1.34. The Labute approximate surface area is 172 Å². The fourth-order valence-corrected chi connectivity index (χ4v) is 3.49. The summed E-state index contributed by atoms with van der Waals surface area (Å²) in [4.78, 5) is 33.1. The van der Waals surface area contributed by atoms with Crippen molar-refractivity contribution in [2.75, 3.05) is 20.8 Å². The van der Waals surface area contributed by atoms with Crippen LogP contribution in [0.1, 0.15) is 16.2 Å². The van der Waals surface area contributed by atoms with Gasteiger partial charge in [0.15, 0.2) is 11.5 Å². The molecule has 0 bridgehead atoms. The Hall–Kier alpha value is -3.81. The second-order valence-corrected chi connectivity index (χ2v) is 6.88. The van der Waals surface area contributed by atoms with Crippen LogP contribution in [0.5, 0.6) is 11.5 Å². The molecule has 0 spiro atoms. The minimum Gasteiger partial charge on any atom is -0.493 e. The van der Waals surface area contributed by atoms with Gasteiger partial charge >= 0.3 is 0 Å². The van der Waals surface area contributed by atoms with Crippen LogP contribution in [0.4, 0.5) is 0 Å². The van der Waals surface area contributed by atoms with E-state index in [-0.39, 0.29) is 11.5 Å². The van der Waals surface area contributed by atoms with Gasteiger partial charge in [-0.05, 0) is 36.6 Å². The van der Waals surface area contributed by atoms with E-state index in [0.717, 1.165) is 10.9 Å². The summed E-state index contributed by atoms with van der Waals surface area (Å²) in [7, 11) is 3.05. The van der Waals surface area contributed by atoms with Gasteiger partial charge in [-0.3, -0.25) is 14.2 Å². The number of hydrogen-bond acceptors (Lipinski definition) is 5. The molecule has 4 aromatic rings. The number of carbonyl (C=O) groups excluding carboxylic acids is 1. The topological polar surface area (TPSA) is 98.2 Å². The molecule has 30 heavy (non-hydrogen) atoms. The highest BCUT2D eigenvalue weighted by Crippen LogP contribution is 2.30. The van der Waals surface area contributed by atoms with Crippen molar-refractivity contribution >= 4 is 27.7 Å². The van der Waals surface area contributed by atoms with Crippen LogP contribution in [-0.2, 0) is 6.54 Å². The van der Waals surface area contributed by atoms with Crippen LogP contribution < -0.4 is 20.3 Å². The molecule has 2 aromatic heterocycles. The molecule has 0 aliphatic heterocycles. The van der Waals surface area contributed by atoms with Gasteiger partial charge in [0.25, 0.3) is 11.5 Å². The van der Waals surface area contributed by atoms with Crippen molar-refractivity contribution in [3.8, 4) is 11.5 Å². The van der Waals surface area contributed by atoms with Crippen molar-refractivity contribution in [3.05, 3.63) is 64.3 Å². The van der Waals surface area contributed by atoms with Gasteiger partial charge in [0.2, 0.25) is 0 Å².